The topological polar surface area (TPSA) is 66.8 Å². The Bertz CT molecular complexity index is 1260. The Morgan fingerprint density at radius 2 is 1.62 bits per heavy atom. The molecule has 3 aromatic carbocycles. The van der Waals surface area contributed by atoms with E-state index in [1.54, 1.807) is 25.3 Å². The van der Waals surface area contributed by atoms with Crippen LogP contribution in [-0.2, 0) is 9.59 Å². The van der Waals surface area contributed by atoms with Gasteiger partial charge in [-0.3, -0.25) is 14.5 Å². The molecule has 32 heavy (non-hydrogen) atoms. The fourth-order valence-electron chi connectivity index (χ4n) is 4.09. The van der Waals surface area contributed by atoms with Gasteiger partial charge in [0, 0.05) is 11.3 Å². The first-order chi connectivity index (χ1) is 15.3. The summed E-state index contributed by atoms with van der Waals surface area (Å²) in [5.41, 5.74) is 4.79. The zero-order valence-corrected chi connectivity index (χ0v) is 18.5. The number of anilines is 1. The monoisotopic (exact) mass is 427 g/mol. The predicted molar refractivity (Wildman–Crippen MR) is 125 cm³/mol. The second-order valence-corrected chi connectivity index (χ2v) is 8.03. The van der Waals surface area contributed by atoms with Crippen LogP contribution < -0.4 is 9.64 Å². The number of ether oxygens (including phenoxy) is 1. The van der Waals surface area contributed by atoms with Gasteiger partial charge in [0.15, 0.2) is 0 Å². The van der Waals surface area contributed by atoms with Crippen LogP contribution in [0.2, 0.25) is 0 Å². The van der Waals surface area contributed by atoms with Gasteiger partial charge in [0.05, 0.1) is 18.7 Å². The molecule has 0 saturated carbocycles. The normalized spacial score (nSPS) is 17.6. The quantitative estimate of drug-likeness (QED) is 0.351. The summed E-state index contributed by atoms with van der Waals surface area (Å²) in [5, 5.41) is 11.3. The maximum absolute atomic E-state index is 13.3. The van der Waals surface area contributed by atoms with Gasteiger partial charge in [-0.05, 0) is 67.3 Å². The van der Waals surface area contributed by atoms with E-state index >= 15 is 0 Å². The minimum absolute atomic E-state index is 0.0646. The van der Waals surface area contributed by atoms with Gasteiger partial charge in [0.2, 0.25) is 0 Å². The maximum Gasteiger partial charge on any atom is 0.300 e. The second-order valence-electron chi connectivity index (χ2n) is 8.03. The van der Waals surface area contributed by atoms with Crippen molar-refractivity contribution in [1.29, 1.82) is 0 Å². The summed E-state index contributed by atoms with van der Waals surface area (Å²) in [5.74, 6) is -0.964. The molecule has 162 valence electrons. The third kappa shape index (κ3) is 3.56. The van der Waals surface area contributed by atoms with Gasteiger partial charge in [-0.25, -0.2) is 0 Å². The highest BCUT2D eigenvalue weighted by atomic mass is 16.5. The zero-order chi connectivity index (χ0) is 23.0. The minimum atomic E-state index is -0.784. The Balaban J connectivity index is 1.99. The summed E-state index contributed by atoms with van der Waals surface area (Å²) >= 11 is 0. The van der Waals surface area contributed by atoms with Crippen molar-refractivity contribution in [3.63, 3.8) is 0 Å². The lowest BCUT2D eigenvalue weighted by Gasteiger charge is -2.27. The first-order valence-electron chi connectivity index (χ1n) is 10.4. The molecule has 0 bridgehead atoms. The van der Waals surface area contributed by atoms with Gasteiger partial charge in [-0.1, -0.05) is 42.5 Å². The molecule has 1 atom stereocenters. The Morgan fingerprint density at radius 3 is 2.31 bits per heavy atom. The van der Waals surface area contributed by atoms with Crippen molar-refractivity contribution in [2.24, 2.45) is 0 Å². The molecule has 1 N–H and O–H groups in total. The number of aliphatic hydroxyl groups is 1. The Kier molecular flexibility index (Phi) is 5.57. The third-order valence-electron chi connectivity index (χ3n) is 6.01. The van der Waals surface area contributed by atoms with Crippen LogP contribution in [0.5, 0.6) is 5.75 Å². The lowest BCUT2D eigenvalue weighted by atomic mass is 9.94. The number of carbonyl (C=O) groups is 2. The average molecular weight is 428 g/mol. The van der Waals surface area contributed by atoms with Crippen LogP contribution in [0.3, 0.4) is 0 Å². The van der Waals surface area contributed by atoms with Gasteiger partial charge in [-0.2, -0.15) is 0 Å². The molecule has 1 aliphatic rings. The Hall–Kier alpha value is -3.86. The van der Waals surface area contributed by atoms with E-state index in [4.69, 9.17) is 4.74 Å². The van der Waals surface area contributed by atoms with E-state index in [0.29, 0.717) is 22.6 Å². The van der Waals surface area contributed by atoms with Crippen molar-refractivity contribution < 1.29 is 19.4 Å². The molecule has 1 unspecified atom stereocenters. The summed E-state index contributed by atoms with van der Waals surface area (Å²) in [7, 11) is 1.56. The summed E-state index contributed by atoms with van der Waals surface area (Å²) in [6.45, 7) is 5.81. The highest BCUT2D eigenvalue weighted by Crippen LogP contribution is 2.43. The van der Waals surface area contributed by atoms with Crippen molar-refractivity contribution in [2.45, 2.75) is 26.8 Å². The standard InChI is InChI=1S/C27H25NO4/c1-16-12-13-20(14-18(16)3)25(29)23-24(19-9-7-10-21(15-19)32-4)28(27(31)26(23)30)22-11-6-5-8-17(22)2/h5-15,24,29H,1-4H3/b25-23-. The average Bonchev–Trinajstić information content (AvgIpc) is 3.06. The van der Waals surface area contributed by atoms with Gasteiger partial charge in [0.1, 0.15) is 11.5 Å². The highest BCUT2D eigenvalue weighted by molar-refractivity contribution is 6.51. The van der Waals surface area contributed by atoms with E-state index in [9.17, 15) is 14.7 Å². The van der Waals surface area contributed by atoms with Gasteiger partial charge in [-0.15, -0.1) is 0 Å². The number of aliphatic hydroxyl groups excluding tert-OH is 1. The number of amides is 1. The lowest BCUT2D eigenvalue weighted by Crippen LogP contribution is -2.30. The van der Waals surface area contributed by atoms with E-state index < -0.39 is 17.7 Å². The number of methoxy groups -OCH3 is 1. The number of para-hydroxylation sites is 1. The van der Waals surface area contributed by atoms with Gasteiger partial charge in [0.25, 0.3) is 11.7 Å². The summed E-state index contributed by atoms with van der Waals surface area (Å²) < 4.78 is 5.38. The summed E-state index contributed by atoms with van der Waals surface area (Å²) in [4.78, 5) is 28.0. The van der Waals surface area contributed by atoms with Crippen LogP contribution in [0, 0.1) is 20.8 Å². The van der Waals surface area contributed by atoms with Crippen molar-refractivity contribution in [3.8, 4) is 5.75 Å². The molecule has 1 heterocycles. The molecule has 3 aromatic rings. The molecule has 1 amide bonds. The van der Waals surface area contributed by atoms with Crippen LogP contribution in [0.25, 0.3) is 5.76 Å². The minimum Gasteiger partial charge on any atom is -0.507 e. The number of nitrogens with zero attached hydrogens (tertiary/aromatic N) is 1. The number of benzene rings is 3. The zero-order valence-electron chi connectivity index (χ0n) is 18.5. The summed E-state index contributed by atoms with van der Waals surface area (Å²) in [6, 6.07) is 19.3. The molecular weight excluding hydrogens is 402 g/mol. The van der Waals surface area contributed by atoms with E-state index in [-0.39, 0.29) is 11.3 Å². The number of aryl methyl sites for hydroxylation is 3. The fourth-order valence-corrected chi connectivity index (χ4v) is 4.09. The van der Waals surface area contributed by atoms with Crippen molar-refractivity contribution >= 4 is 23.1 Å². The Labute approximate surface area is 187 Å². The first kappa shape index (κ1) is 21.4. The van der Waals surface area contributed by atoms with Crippen molar-refractivity contribution in [3.05, 3.63) is 100 Å². The number of Topliss-reactive ketones (excluding diaryl/α,β-unsaturated/α-hetero) is 1. The first-order valence-corrected chi connectivity index (χ1v) is 10.4. The number of carbonyl (C=O) groups excluding carboxylic acids is 2. The molecule has 4 rings (SSSR count). The van der Waals surface area contributed by atoms with Crippen LogP contribution in [-0.4, -0.2) is 23.9 Å². The van der Waals surface area contributed by atoms with E-state index in [1.807, 2.05) is 69.3 Å². The van der Waals surface area contributed by atoms with Crippen LogP contribution >= 0.6 is 0 Å². The van der Waals surface area contributed by atoms with Gasteiger partial charge < -0.3 is 9.84 Å². The van der Waals surface area contributed by atoms with Crippen LogP contribution in [0.1, 0.15) is 33.9 Å². The van der Waals surface area contributed by atoms with Crippen molar-refractivity contribution in [2.75, 3.05) is 12.0 Å². The molecule has 1 fully saturated rings. The fraction of sp³-hybridized carbons (Fsp3) is 0.185. The molecule has 1 aliphatic heterocycles. The van der Waals surface area contributed by atoms with Crippen molar-refractivity contribution in [1.82, 2.24) is 0 Å². The van der Waals surface area contributed by atoms with E-state index in [0.717, 1.165) is 16.7 Å². The van der Waals surface area contributed by atoms with Crippen LogP contribution in [0.4, 0.5) is 5.69 Å². The molecule has 0 spiro atoms. The largest absolute Gasteiger partial charge is 0.507 e. The molecule has 0 aromatic heterocycles. The lowest BCUT2D eigenvalue weighted by molar-refractivity contribution is -0.132. The van der Waals surface area contributed by atoms with E-state index in [1.165, 1.54) is 4.90 Å². The Morgan fingerprint density at radius 1 is 0.875 bits per heavy atom. The maximum atomic E-state index is 13.3. The number of hydrogen-bond acceptors (Lipinski definition) is 4. The molecule has 5 heteroatoms. The molecular formula is C27H25NO4. The SMILES string of the molecule is COc1cccc(C2/C(=C(/O)c3ccc(C)c(C)c3)C(=O)C(=O)N2c2ccccc2C)c1. The molecule has 0 aliphatic carbocycles. The summed E-state index contributed by atoms with van der Waals surface area (Å²) in [6.07, 6.45) is 0. The third-order valence-corrected chi connectivity index (χ3v) is 6.01. The molecule has 5 nitrogen and oxygen atoms in total. The number of hydrogen-bond donors (Lipinski definition) is 1. The van der Waals surface area contributed by atoms with E-state index in [2.05, 4.69) is 0 Å². The van der Waals surface area contributed by atoms with Gasteiger partial charge >= 0.3 is 0 Å². The molecule has 0 radical (unpaired) electrons. The predicted octanol–water partition coefficient (Wildman–Crippen LogP) is 5.25. The number of ketones is 1. The second kappa shape index (κ2) is 8.35. The highest BCUT2D eigenvalue weighted by Gasteiger charge is 2.47. The number of rotatable bonds is 4. The smallest absolute Gasteiger partial charge is 0.300 e. The molecule has 1 saturated heterocycles. The van der Waals surface area contributed by atoms with Crippen LogP contribution in [0.15, 0.2) is 72.3 Å².